The van der Waals surface area contributed by atoms with E-state index in [1.165, 1.54) is 30.7 Å². The fraction of sp³-hybridized carbons (Fsp3) is 0.545. The lowest BCUT2D eigenvalue weighted by molar-refractivity contribution is 0.634. The highest BCUT2D eigenvalue weighted by Gasteiger charge is 2.20. The van der Waals surface area contributed by atoms with E-state index in [0.29, 0.717) is 0 Å². The van der Waals surface area contributed by atoms with Crippen molar-refractivity contribution >= 4 is 11.3 Å². The Labute approximate surface area is 98.3 Å². The molecular formula is C11H14N4S. The third kappa shape index (κ3) is 2.00. The first kappa shape index (κ1) is 9.96. The van der Waals surface area contributed by atoms with E-state index >= 15 is 0 Å². The van der Waals surface area contributed by atoms with Gasteiger partial charge in [-0.25, -0.2) is 9.67 Å². The fourth-order valence-corrected chi connectivity index (χ4v) is 3.22. The Hall–Kier alpha value is -1.23. The summed E-state index contributed by atoms with van der Waals surface area (Å²) in [6.07, 6.45) is 8.93. The van der Waals surface area contributed by atoms with Gasteiger partial charge < -0.3 is 0 Å². The van der Waals surface area contributed by atoms with Crippen LogP contribution in [0.2, 0.25) is 0 Å². The molecule has 0 aromatic carbocycles. The summed E-state index contributed by atoms with van der Waals surface area (Å²) in [6.45, 7) is 0.739. The Kier molecular flexibility index (Phi) is 2.70. The van der Waals surface area contributed by atoms with Crippen molar-refractivity contribution in [3.8, 4) is 0 Å². The molecule has 0 radical (unpaired) electrons. The minimum atomic E-state index is 0.717. The first-order valence-electron chi connectivity index (χ1n) is 5.70. The van der Waals surface area contributed by atoms with Gasteiger partial charge in [-0.2, -0.15) is 0 Å². The van der Waals surface area contributed by atoms with Crippen molar-refractivity contribution in [2.45, 2.75) is 38.1 Å². The van der Waals surface area contributed by atoms with Crippen molar-refractivity contribution in [3.63, 3.8) is 0 Å². The Balaban J connectivity index is 1.72. The van der Waals surface area contributed by atoms with Crippen molar-refractivity contribution in [2.24, 2.45) is 0 Å². The summed E-state index contributed by atoms with van der Waals surface area (Å²) >= 11 is 1.80. The van der Waals surface area contributed by atoms with Gasteiger partial charge >= 0.3 is 0 Å². The van der Waals surface area contributed by atoms with Gasteiger partial charge in [-0.3, -0.25) is 0 Å². The number of hydrogen-bond acceptors (Lipinski definition) is 4. The quantitative estimate of drug-likeness (QED) is 0.819. The van der Waals surface area contributed by atoms with Crippen molar-refractivity contribution in [1.82, 2.24) is 20.0 Å². The van der Waals surface area contributed by atoms with E-state index in [-0.39, 0.29) is 0 Å². The summed E-state index contributed by atoms with van der Waals surface area (Å²) in [5.41, 5.74) is 1.11. The highest BCUT2D eigenvalue weighted by molar-refractivity contribution is 7.09. The standard InChI is InChI=1S/C11H14N4S/c1-2-4-9(3-1)11-13-10(8-16-11)7-15-6-5-12-14-15/h5-6,8-9H,1-4,7H2. The van der Waals surface area contributed by atoms with Crippen LogP contribution in [0.5, 0.6) is 0 Å². The molecule has 1 fully saturated rings. The third-order valence-electron chi connectivity index (χ3n) is 3.07. The maximum atomic E-state index is 4.70. The van der Waals surface area contributed by atoms with Crippen LogP contribution < -0.4 is 0 Å². The summed E-state index contributed by atoms with van der Waals surface area (Å²) < 4.78 is 1.81. The van der Waals surface area contributed by atoms with E-state index in [1.807, 2.05) is 10.9 Å². The molecule has 0 unspecified atom stereocenters. The molecule has 0 amide bonds. The molecule has 4 nitrogen and oxygen atoms in total. The van der Waals surface area contributed by atoms with Gasteiger partial charge in [-0.15, -0.1) is 16.4 Å². The molecule has 2 aromatic heterocycles. The van der Waals surface area contributed by atoms with Crippen molar-refractivity contribution in [3.05, 3.63) is 28.5 Å². The molecule has 0 spiro atoms. The molecule has 0 N–H and O–H groups in total. The topological polar surface area (TPSA) is 43.6 Å². The van der Waals surface area contributed by atoms with E-state index in [1.54, 1.807) is 17.5 Å². The maximum Gasteiger partial charge on any atom is 0.0960 e. The van der Waals surface area contributed by atoms with Crippen LogP contribution in [0.15, 0.2) is 17.8 Å². The van der Waals surface area contributed by atoms with Gasteiger partial charge in [0.1, 0.15) is 0 Å². The SMILES string of the molecule is c1cn(Cc2csc(C3CCCC3)n2)nn1. The molecule has 0 saturated heterocycles. The Morgan fingerprint density at radius 1 is 1.38 bits per heavy atom. The fourth-order valence-electron chi connectivity index (χ4n) is 2.24. The van der Waals surface area contributed by atoms with Crippen LogP contribution in [-0.2, 0) is 6.54 Å². The normalized spacial score (nSPS) is 17.0. The zero-order chi connectivity index (χ0) is 10.8. The van der Waals surface area contributed by atoms with Gasteiger partial charge in [0, 0.05) is 17.5 Å². The van der Waals surface area contributed by atoms with Gasteiger partial charge in [0.2, 0.25) is 0 Å². The summed E-state index contributed by atoms with van der Waals surface area (Å²) in [5, 5.41) is 11.2. The zero-order valence-electron chi connectivity index (χ0n) is 9.04. The second-order valence-electron chi connectivity index (χ2n) is 4.26. The largest absolute Gasteiger partial charge is 0.247 e. The van der Waals surface area contributed by atoms with Crippen LogP contribution in [0, 0.1) is 0 Å². The number of nitrogens with zero attached hydrogens (tertiary/aromatic N) is 4. The lowest BCUT2D eigenvalue weighted by atomic mass is 10.1. The zero-order valence-corrected chi connectivity index (χ0v) is 9.86. The van der Waals surface area contributed by atoms with Gasteiger partial charge in [0.25, 0.3) is 0 Å². The molecule has 1 aliphatic carbocycles. The molecule has 84 valence electrons. The molecular weight excluding hydrogens is 220 g/mol. The van der Waals surface area contributed by atoms with E-state index in [2.05, 4.69) is 15.7 Å². The maximum absolute atomic E-state index is 4.70. The molecule has 3 rings (SSSR count). The number of hydrogen-bond donors (Lipinski definition) is 0. The second kappa shape index (κ2) is 4.33. The van der Waals surface area contributed by atoms with Crippen molar-refractivity contribution in [2.75, 3.05) is 0 Å². The lowest BCUT2D eigenvalue weighted by Crippen LogP contribution is -2.01. The van der Waals surface area contributed by atoms with E-state index in [4.69, 9.17) is 4.98 Å². The highest BCUT2D eigenvalue weighted by Crippen LogP contribution is 2.35. The number of rotatable bonds is 3. The minimum absolute atomic E-state index is 0.717. The number of aromatic nitrogens is 4. The third-order valence-corrected chi connectivity index (χ3v) is 4.13. The summed E-state index contributed by atoms with van der Waals surface area (Å²) in [7, 11) is 0. The minimum Gasteiger partial charge on any atom is -0.247 e. The van der Waals surface area contributed by atoms with Crippen molar-refractivity contribution < 1.29 is 0 Å². The van der Waals surface area contributed by atoms with Crippen LogP contribution in [0.25, 0.3) is 0 Å². The number of thiazole rings is 1. The first-order valence-corrected chi connectivity index (χ1v) is 6.58. The van der Waals surface area contributed by atoms with Crippen LogP contribution in [-0.4, -0.2) is 20.0 Å². The molecule has 16 heavy (non-hydrogen) atoms. The van der Waals surface area contributed by atoms with Crippen LogP contribution in [0.1, 0.15) is 42.3 Å². The predicted molar refractivity (Wildman–Crippen MR) is 62.4 cm³/mol. The second-order valence-corrected chi connectivity index (χ2v) is 5.15. The van der Waals surface area contributed by atoms with Gasteiger partial charge in [-0.05, 0) is 12.8 Å². The molecule has 0 aliphatic heterocycles. The molecule has 0 bridgehead atoms. The van der Waals surface area contributed by atoms with Crippen LogP contribution >= 0.6 is 11.3 Å². The molecule has 0 atom stereocenters. The summed E-state index contributed by atoms with van der Waals surface area (Å²) in [5.74, 6) is 0.717. The van der Waals surface area contributed by atoms with E-state index < -0.39 is 0 Å². The molecule has 5 heteroatoms. The van der Waals surface area contributed by atoms with Gasteiger partial charge in [0.15, 0.2) is 0 Å². The van der Waals surface area contributed by atoms with Gasteiger partial charge in [0.05, 0.1) is 23.4 Å². The van der Waals surface area contributed by atoms with E-state index in [0.717, 1.165) is 18.2 Å². The smallest absolute Gasteiger partial charge is 0.0960 e. The summed E-state index contributed by atoms with van der Waals surface area (Å²) in [6, 6.07) is 0. The average molecular weight is 234 g/mol. The Morgan fingerprint density at radius 2 is 2.25 bits per heavy atom. The molecule has 2 heterocycles. The lowest BCUT2D eigenvalue weighted by Gasteiger charge is -2.02. The monoisotopic (exact) mass is 234 g/mol. The predicted octanol–water partition coefficient (Wildman–Crippen LogP) is 2.44. The average Bonchev–Trinajstić information content (AvgIpc) is 2.99. The molecule has 2 aromatic rings. The Bertz CT molecular complexity index is 442. The van der Waals surface area contributed by atoms with Crippen LogP contribution in [0.4, 0.5) is 0 Å². The first-order chi connectivity index (χ1) is 7.92. The Morgan fingerprint density at radius 3 is 3.00 bits per heavy atom. The summed E-state index contributed by atoms with van der Waals surface area (Å²) in [4.78, 5) is 4.70. The van der Waals surface area contributed by atoms with Crippen molar-refractivity contribution in [1.29, 1.82) is 0 Å². The van der Waals surface area contributed by atoms with Gasteiger partial charge in [-0.1, -0.05) is 18.1 Å². The molecule has 1 aliphatic rings. The highest BCUT2D eigenvalue weighted by atomic mass is 32.1. The van der Waals surface area contributed by atoms with Crippen LogP contribution in [0.3, 0.4) is 0 Å². The van der Waals surface area contributed by atoms with E-state index in [9.17, 15) is 0 Å². The molecule has 1 saturated carbocycles.